The van der Waals surface area contributed by atoms with Gasteiger partial charge in [0.05, 0.1) is 0 Å². The van der Waals surface area contributed by atoms with Gasteiger partial charge in [-0.3, -0.25) is 9.78 Å². The highest BCUT2D eigenvalue weighted by molar-refractivity contribution is 5.41. The van der Waals surface area contributed by atoms with E-state index in [2.05, 4.69) is 21.8 Å². The molecular formula is C10H16N4O. The molecule has 0 saturated carbocycles. The first-order chi connectivity index (χ1) is 7.15. The molecule has 0 unspecified atom stereocenters. The average Bonchev–Trinajstić information content (AvgIpc) is 2.17. The highest BCUT2D eigenvalue weighted by Crippen LogP contribution is 2.20. The summed E-state index contributed by atoms with van der Waals surface area (Å²) in [5.74, 6) is 1.65. The van der Waals surface area contributed by atoms with Gasteiger partial charge in [0.2, 0.25) is 5.95 Å². The Morgan fingerprint density at radius 1 is 1.53 bits per heavy atom. The normalized spacial score (nSPS) is 18.1. The molecule has 5 heteroatoms. The largest absolute Gasteiger partial charge is 0.369 e. The fraction of sp³-hybridized carbons (Fsp3) is 0.600. The predicted octanol–water partition coefficient (Wildman–Crippen LogP) is 0.588. The van der Waals surface area contributed by atoms with Crippen molar-refractivity contribution in [3.05, 3.63) is 16.4 Å². The maximum atomic E-state index is 11.2. The monoisotopic (exact) mass is 208 g/mol. The van der Waals surface area contributed by atoms with Gasteiger partial charge in [-0.05, 0) is 18.8 Å². The second kappa shape index (κ2) is 3.92. The first-order valence-corrected chi connectivity index (χ1v) is 5.27. The molecule has 2 rings (SSSR count). The fourth-order valence-corrected chi connectivity index (χ4v) is 1.86. The van der Waals surface area contributed by atoms with Crippen LogP contribution in [0.5, 0.6) is 0 Å². The van der Waals surface area contributed by atoms with Crippen LogP contribution in [0.15, 0.2) is 10.9 Å². The van der Waals surface area contributed by atoms with Crippen molar-refractivity contribution in [2.75, 3.05) is 23.7 Å². The first-order valence-electron chi connectivity index (χ1n) is 5.27. The lowest BCUT2D eigenvalue weighted by molar-refractivity contribution is 0.436. The summed E-state index contributed by atoms with van der Waals surface area (Å²) in [6.45, 7) is 4.16. The van der Waals surface area contributed by atoms with Crippen molar-refractivity contribution < 1.29 is 0 Å². The Balaban J connectivity index is 2.19. The van der Waals surface area contributed by atoms with Crippen molar-refractivity contribution in [3.8, 4) is 0 Å². The SMILES string of the molecule is CC1CCN(c2cc(=O)[nH]c(N)n2)CC1. The number of rotatable bonds is 1. The van der Waals surface area contributed by atoms with Gasteiger partial charge in [0.25, 0.3) is 5.56 Å². The molecule has 82 valence electrons. The first kappa shape index (κ1) is 10.0. The van der Waals surface area contributed by atoms with E-state index in [1.165, 1.54) is 6.07 Å². The van der Waals surface area contributed by atoms with E-state index >= 15 is 0 Å². The van der Waals surface area contributed by atoms with Crippen LogP contribution in [0.25, 0.3) is 0 Å². The summed E-state index contributed by atoms with van der Waals surface area (Å²) in [5.41, 5.74) is 5.32. The molecule has 15 heavy (non-hydrogen) atoms. The molecular weight excluding hydrogens is 192 g/mol. The lowest BCUT2D eigenvalue weighted by Crippen LogP contribution is -2.34. The summed E-state index contributed by atoms with van der Waals surface area (Å²) >= 11 is 0. The van der Waals surface area contributed by atoms with E-state index in [1.807, 2.05) is 0 Å². The smallest absolute Gasteiger partial charge is 0.254 e. The summed E-state index contributed by atoms with van der Waals surface area (Å²) in [6, 6.07) is 1.51. The molecule has 0 atom stereocenters. The number of nitrogens with zero attached hydrogens (tertiary/aromatic N) is 2. The Kier molecular flexibility index (Phi) is 2.62. The third kappa shape index (κ3) is 2.29. The molecule has 1 fully saturated rings. The van der Waals surface area contributed by atoms with Crippen molar-refractivity contribution >= 4 is 11.8 Å². The van der Waals surface area contributed by atoms with Crippen LogP contribution in [0.1, 0.15) is 19.8 Å². The lowest BCUT2D eigenvalue weighted by atomic mass is 9.99. The molecule has 0 aromatic carbocycles. The summed E-state index contributed by atoms with van der Waals surface area (Å²) in [4.78, 5) is 19.9. The summed E-state index contributed by atoms with van der Waals surface area (Å²) < 4.78 is 0. The van der Waals surface area contributed by atoms with Crippen LogP contribution in [0.3, 0.4) is 0 Å². The molecule has 1 aliphatic rings. The second-order valence-corrected chi connectivity index (χ2v) is 4.16. The van der Waals surface area contributed by atoms with Crippen molar-refractivity contribution in [1.82, 2.24) is 9.97 Å². The van der Waals surface area contributed by atoms with Crippen LogP contribution in [-0.4, -0.2) is 23.1 Å². The molecule has 2 heterocycles. The molecule has 1 aromatic rings. The molecule has 0 aliphatic carbocycles. The van der Waals surface area contributed by atoms with Crippen LogP contribution in [0, 0.1) is 5.92 Å². The van der Waals surface area contributed by atoms with E-state index in [9.17, 15) is 4.79 Å². The minimum atomic E-state index is -0.184. The molecule has 1 aliphatic heterocycles. The molecule has 0 bridgehead atoms. The van der Waals surface area contributed by atoms with E-state index in [-0.39, 0.29) is 11.5 Å². The Morgan fingerprint density at radius 3 is 2.80 bits per heavy atom. The number of anilines is 2. The van der Waals surface area contributed by atoms with Crippen molar-refractivity contribution in [1.29, 1.82) is 0 Å². The Labute approximate surface area is 88.3 Å². The minimum absolute atomic E-state index is 0.184. The average molecular weight is 208 g/mol. The zero-order valence-corrected chi connectivity index (χ0v) is 8.86. The molecule has 0 radical (unpaired) electrons. The third-order valence-electron chi connectivity index (χ3n) is 2.85. The zero-order chi connectivity index (χ0) is 10.8. The van der Waals surface area contributed by atoms with Gasteiger partial charge in [-0.15, -0.1) is 0 Å². The van der Waals surface area contributed by atoms with Gasteiger partial charge in [-0.1, -0.05) is 6.92 Å². The van der Waals surface area contributed by atoms with Crippen molar-refractivity contribution in [2.45, 2.75) is 19.8 Å². The zero-order valence-electron chi connectivity index (χ0n) is 8.86. The Hall–Kier alpha value is -1.52. The number of aromatic nitrogens is 2. The van der Waals surface area contributed by atoms with E-state index in [1.54, 1.807) is 0 Å². The summed E-state index contributed by atoms with van der Waals surface area (Å²) in [5, 5.41) is 0. The quantitative estimate of drug-likeness (QED) is 0.708. The van der Waals surface area contributed by atoms with E-state index in [4.69, 9.17) is 5.73 Å². The van der Waals surface area contributed by atoms with Gasteiger partial charge < -0.3 is 10.6 Å². The van der Waals surface area contributed by atoms with E-state index in [0.717, 1.165) is 31.8 Å². The lowest BCUT2D eigenvalue weighted by Gasteiger charge is -2.30. The molecule has 0 amide bonds. The molecule has 1 saturated heterocycles. The molecule has 1 aromatic heterocycles. The van der Waals surface area contributed by atoms with Gasteiger partial charge in [-0.2, -0.15) is 4.98 Å². The molecule has 5 nitrogen and oxygen atoms in total. The summed E-state index contributed by atoms with van der Waals surface area (Å²) in [6.07, 6.45) is 2.29. The van der Waals surface area contributed by atoms with E-state index < -0.39 is 0 Å². The summed E-state index contributed by atoms with van der Waals surface area (Å²) in [7, 11) is 0. The van der Waals surface area contributed by atoms with Gasteiger partial charge in [-0.25, -0.2) is 0 Å². The molecule has 0 spiro atoms. The number of hydrogen-bond donors (Lipinski definition) is 2. The van der Waals surface area contributed by atoms with Gasteiger partial charge >= 0.3 is 0 Å². The van der Waals surface area contributed by atoms with Crippen LogP contribution < -0.4 is 16.2 Å². The predicted molar refractivity (Wildman–Crippen MR) is 59.9 cm³/mol. The topological polar surface area (TPSA) is 75.0 Å². The number of nitrogens with one attached hydrogen (secondary N) is 1. The highest BCUT2D eigenvalue weighted by atomic mass is 16.1. The highest BCUT2D eigenvalue weighted by Gasteiger charge is 2.17. The minimum Gasteiger partial charge on any atom is -0.369 e. The Bertz CT molecular complexity index is 393. The van der Waals surface area contributed by atoms with Gasteiger partial charge in [0.15, 0.2) is 0 Å². The second-order valence-electron chi connectivity index (χ2n) is 4.16. The number of H-pyrrole nitrogens is 1. The van der Waals surface area contributed by atoms with Crippen LogP contribution in [-0.2, 0) is 0 Å². The van der Waals surface area contributed by atoms with Crippen LogP contribution in [0.4, 0.5) is 11.8 Å². The van der Waals surface area contributed by atoms with Crippen LogP contribution >= 0.6 is 0 Å². The van der Waals surface area contributed by atoms with Crippen LogP contribution in [0.2, 0.25) is 0 Å². The number of hydrogen-bond acceptors (Lipinski definition) is 4. The Morgan fingerprint density at radius 2 is 2.20 bits per heavy atom. The maximum absolute atomic E-state index is 11.2. The van der Waals surface area contributed by atoms with Crippen molar-refractivity contribution in [2.24, 2.45) is 5.92 Å². The standard InChI is InChI=1S/C10H16N4O/c1-7-2-4-14(5-3-7)8-6-9(15)13-10(11)12-8/h6-7H,2-5H2,1H3,(H3,11,12,13,15). The van der Waals surface area contributed by atoms with Gasteiger partial charge in [0.1, 0.15) is 5.82 Å². The number of nitrogen functional groups attached to an aromatic ring is 1. The number of aromatic amines is 1. The van der Waals surface area contributed by atoms with E-state index in [0.29, 0.717) is 5.82 Å². The fourth-order valence-electron chi connectivity index (χ4n) is 1.86. The maximum Gasteiger partial charge on any atom is 0.254 e. The number of nitrogens with two attached hydrogens (primary N) is 1. The van der Waals surface area contributed by atoms with Gasteiger partial charge in [0, 0.05) is 19.2 Å². The number of piperidine rings is 1. The third-order valence-corrected chi connectivity index (χ3v) is 2.85. The van der Waals surface area contributed by atoms with Crippen molar-refractivity contribution in [3.63, 3.8) is 0 Å². The molecule has 3 N–H and O–H groups in total.